The lowest BCUT2D eigenvalue weighted by atomic mass is 10.1. The number of halogens is 3. The summed E-state index contributed by atoms with van der Waals surface area (Å²) in [5, 5.41) is 10.9. The second-order valence-corrected chi connectivity index (χ2v) is 3.14. The lowest BCUT2D eigenvalue weighted by Crippen LogP contribution is -2.21. The Hall–Kier alpha value is -1.23. The standard InChI is InChI=1S/C10H12F3NO/c11-10(12,13)7-14-9-3-1-8(2-4-9)5-6-15/h1-4,14-15H,5-7H2. The topological polar surface area (TPSA) is 32.3 Å². The second kappa shape index (κ2) is 5.02. The fourth-order valence-electron chi connectivity index (χ4n) is 1.12. The first-order valence-electron chi connectivity index (χ1n) is 4.52. The van der Waals surface area contributed by atoms with E-state index < -0.39 is 12.7 Å². The Morgan fingerprint density at radius 2 is 1.73 bits per heavy atom. The van der Waals surface area contributed by atoms with E-state index in [4.69, 9.17) is 5.11 Å². The summed E-state index contributed by atoms with van der Waals surface area (Å²) in [7, 11) is 0. The van der Waals surface area contributed by atoms with Gasteiger partial charge in [0, 0.05) is 12.3 Å². The number of aliphatic hydroxyl groups excluding tert-OH is 1. The molecule has 0 radical (unpaired) electrons. The largest absolute Gasteiger partial charge is 0.405 e. The van der Waals surface area contributed by atoms with Crippen molar-refractivity contribution < 1.29 is 18.3 Å². The van der Waals surface area contributed by atoms with Crippen LogP contribution in [0.4, 0.5) is 18.9 Å². The van der Waals surface area contributed by atoms with Crippen LogP contribution in [0.25, 0.3) is 0 Å². The molecule has 0 bridgehead atoms. The van der Waals surface area contributed by atoms with Crippen LogP contribution in [0.2, 0.25) is 0 Å². The third-order valence-electron chi connectivity index (χ3n) is 1.85. The summed E-state index contributed by atoms with van der Waals surface area (Å²) in [6.45, 7) is -0.998. The molecule has 1 aromatic carbocycles. The van der Waals surface area contributed by atoms with Crippen molar-refractivity contribution in [3.63, 3.8) is 0 Å². The molecule has 5 heteroatoms. The maximum Gasteiger partial charge on any atom is 0.405 e. The lowest BCUT2D eigenvalue weighted by Gasteiger charge is -2.09. The molecule has 1 aromatic rings. The van der Waals surface area contributed by atoms with E-state index >= 15 is 0 Å². The van der Waals surface area contributed by atoms with Gasteiger partial charge in [0.2, 0.25) is 0 Å². The van der Waals surface area contributed by atoms with Gasteiger partial charge in [0.15, 0.2) is 0 Å². The maximum absolute atomic E-state index is 11.8. The van der Waals surface area contributed by atoms with Gasteiger partial charge < -0.3 is 10.4 Å². The molecular formula is C10H12F3NO. The van der Waals surface area contributed by atoms with Crippen LogP contribution in [0.5, 0.6) is 0 Å². The Morgan fingerprint density at radius 1 is 1.13 bits per heavy atom. The highest BCUT2D eigenvalue weighted by Gasteiger charge is 2.26. The Labute approximate surface area is 85.7 Å². The van der Waals surface area contributed by atoms with Crippen LogP contribution < -0.4 is 5.32 Å². The van der Waals surface area contributed by atoms with Crippen molar-refractivity contribution in [1.29, 1.82) is 0 Å². The van der Waals surface area contributed by atoms with Gasteiger partial charge in [-0.2, -0.15) is 13.2 Å². The molecule has 0 saturated carbocycles. The zero-order valence-electron chi connectivity index (χ0n) is 8.01. The Kier molecular flexibility index (Phi) is 3.96. The normalized spacial score (nSPS) is 11.5. The highest BCUT2D eigenvalue weighted by Crippen LogP contribution is 2.16. The molecule has 2 nitrogen and oxygen atoms in total. The smallest absolute Gasteiger partial charge is 0.396 e. The molecule has 0 atom stereocenters. The molecule has 0 saturated heterocycles. The van der Waals surface area contributed by atoms with Gasteiger partial charge in [-0.15, -0.1) is 0 Å². The highest BCUT2D eigenvalue weighted by molar-refractivity contribution is 5.44. The first-order chi connectivity index (χ1) is 7.01. The molecule has 0 aromatic heterocycles. The highest BCUT2D eigenvalue weighted by atomic mass is 19.4. The SMILES string of the molecule is OCCc1ccc(NCC(F)(F)F)cc1. The molecule has 0 amide bonds. The maximum atomic E-state index is 11.8. The quantitative estimate of drug-likeness (QED) is 0.813. The predicted octanol–water partition coefficient (Wildman–Crippen LogP) is 2.20. The number of hydrogen-bond acceptors (Lipinski definition) is 2. The lowest BCUT2D eigenvalue weighted by molar-refractivity contribution is -0.115. The molecule has 0 unspecified atom stereocenters. The van der Waals surface area contributed by atoms with Gasteiger partial charge in [-0.3, -0.25) is 0 Å². The van der Waals surface area contributed by atoms with Crippen molar-refractivity contribution in [2.75, 3.05) is 18.5 Å². The van der Waals surface area contributed by atoms with Crippen LogP contribution in [0.3, 0.4) is 0 Å². The predicted molar refractivity (Wildman–Crippen MR) is 51.8 cm³/mol. The van der Waals surface area contributed by atoms with Gasteiger partial charge in [0.1, 0.15) is 6.54 Å². The number of anilines is 1. The monoisotopic (exact) mass is 219 g/mol. The van der Waals surface area contributed by atoms with Crippen LogP contribution in [0, 0.1) is 0 Å². The Balaban J connectivity index is 2.50. The van der Waals surface area contributed by atoms with Crippen molar-refractivity contribution in [3.8, 4) is 0 Å². The van der Waals surface area contributed by atoms with E-state index in [1.165, 1.54) is 0 Å². The van der Waals surface area contributed by atoms with Gasteiger partial charge in [-0.1, -0.05) is 12.1 Å². The summed E-state index contributed by atoms with van der Waals surface area (Å²) in [5.41, 5.74) is 1.32. The number of rotatable bonds is 4. The molecule has 0 aliphatic heterocycles. The van der Waals surface area contributed by atoms with E-state index in [1.54, 1.807) is 24.3 Å². The number of benzene rings is 1. The minimum absolute atomic E-state index is 0.0370. The number of aliphatic hydroxyl groups is 1. The average molecular weight is 219 g/mol. The summed E-state index contributed by atoms with van der Waals surface area (Å²) in [5.74, 6) is 0. The first kappa shape index (κ1) is 11.8. The molecule has 0 fully saturated rings. The van der Waals surface area contributed by atoms with Gasteiger partial charge in [-0.05, 0) is 24.1 Å². The van der Waals surface area contributed by atoms with Crippen molar-refractivity contribution >= 4 is 5.69 Å². The number of hydrogen-bond donors (Lipinski definition) is 2. The molecule has 2 N–H and O–H groups in total. The Bertz CT molecular complexity index is 295. The summed E-state index contributed by atoms with van der Waals surface area (Å²) >= 11 is 0. The third kappa shape index (κ3) is 4.69. The number of nitrogens with one attached hydrogen (secondary N) is 1. The van der Waals surface area contributed by atoms with Crippen molar-refractivity contribution in [1.82, 2.24) is 0 Å². The molecule has 0 heterocycles. The van der Waals surface area contributed by atoms with E-state index in [9.17, 15) is 13.2 Å². The molecule has 0 aliphatic rings. The van der Waals surface area contributed by atoms with Crippen LogP contribution in [-0.2, 0) is 6.42 Å². The zero-order chi connectivity index (χ0) is 11.3. The van der Waals surface area contributed by atoms with Gasteiger partial charge in [-0.25, -0.2) is 0 Å². The van der Waals surface area contributed by atoms with E-state index in [-0.39, 0.29) is 6.61 Å². The molecule has 1 rings (SSSR count). The minimum Gasteiger partial charge on any atom is -0.396 e. The van der Waals surface area contributed by atoms with Crippen LogP contribution >= 0.6 is 0 Å². The third-order valence-corrected chi connectivity index (χ3v) is 1.85. The number of alkyl halides is 3. The van der Waals surface area contributed by atoms with Crippen LogP contribution in [-0.4, -0.2) is 24.4 Å². The van der Waals surface area contributed by atoms with Gasteiger partial charge in [0.05, 0.1) is 0 Å². The van der Waals surface area contributed by atoms with Gasteiger partial charge in [0.25, 0.3) is 0 Å². The van der Waals surface area contributed by atoms with E-state index in [0.717, 1.165) is 5.56 Å². The average Bonchev–Trinajstić information content (AvgIpc) is 2.16. The molecular weight excluding hydrogens is 207 g/mol. The molecule has 84 valence electrons. The van der Waals surface area contributed by atoms with Crippen LogP contribution in [0.15, 0.2) is 24.3 Å². The zero-order valence-corrected chi connectivity index (χ0v) is 8.01. The van der Waals surface area contributed by atoms with Gasteiger partial charge >= 0.3 is 6.18 Å². The Morgan fingerprint density at radius 3 is 2.20 bits per heavy atom. The molecule has 0 aliphatic carbocycles. The minimum atomic E-state index is -4.20. The van der Waals surface area contributed by atoms with Crippen molar-refractivity contribution in [3.05, 3.63) is 29.8 Å². The molecule has 0 spiro atoms. The first-order valence-corrected chi connectivity index (χ1v) is 4.52. The summed E-state index contributed by atoms with van der Waals surface area (Å²) in [6, 6.07) is 6.51. The summed E-state index contributed by atoms with van der Waals surface area (Å²) < 4.78 is 35.5. The molecule has 15 heavy (non-hydrogen) atoms. The fourth-order valence-corrected chi connectivity index (χ4v) is 1.12. The van der Waals surface area contributed by atoms with E-state index in [1.807, 2.05) is 0 Å². The van der Waals surface area contributed by atoms with Crippen LogP contribution in [0.1, 0.15) is 5.56 Å². The summed E-state index contributed by atoms with van der Waals surface area (Å²) in [6.07, 6.45) is -3.69. The second-order valence-electron chi connectivity index (χ2n) is 3.14. The van der Waals surface area contributed by atoms with E-state index in [2.05, 4.69) is 5.32 Å². The van der Waals surface area contributed by atoms with Crippen molar-refractivity contribution in [2.45, 2.75) is 12.6 Å². The fraction of sp³-hybridized carbons (Fsp3) is 0.400. The van der Waals surface area contributed by atoms with E-state index in [0.29, 0.717) is 12.1 Å². The van der Waals surface area contributed by atoms with Crippen molar-refractivity contribution in [2.24, 2.45) is 0 Å². The summed E-state index contributed by atoms with van der Waals surface area (Å²) in [4.78, 5) is 0.